The molecule has 29 heavy (non-hydrogen) atoms. The van der Waals surface area contributed by atoms with E-state index < -0.39 is 9.84 Å². The van der Waals surface area contributed by atoms with Crippen molar-refractivity contribution < 1.29 is 17.6 Å². The number of furan rings is 1. The number of amides is 1. The highest BCUT2D eigenvalue weighted by Crippen LogP contribution is 2.28. The van der Waals surface area contributed by atoms with Crippen LogP contribution in [0.3, 0.4) is 0 Å². The standard InChI is InChI=1S/C21H20N2O4S2/c1-4-13-23(20(24)12-9-17-8-5-15(2)27-17)21-22-19(14-28-21)16-6-10-18(11-7-16)29(3,25)26/h4-12,14H,1,13H2,2-3H3. The Balaban J connectivity index is 1.82. The van der Waals surface area contributed by atoms with Crippen LogP contribution in [0.2, 0.25) is 0 Å². The van der Waals surface area contributed by atoms with E-state index in [0.717, 1.165) is 11.3 Å². The van der Waals surface area contributed by atoms with Crippen molar-refractivity contribution in [1.82, 2.24) is 4.98 Å². The lowest BCUT2D eigenvalue weighted by atomic mass is 10.2. The van der Waals surface area contributed by atoms with Crippen LogP contribution in [-0.2, 0) is 14.6 Å². The van der Waals surface area contributed by atoms with E-state index in [0.29, 0.717) is 23.1 Å². The minimum atomic E-state index is -3.25. The number of thiazole rings is 1. The van der Waals surface area contributed by atoms with Gasteiger partial charge in [-0.25, -0.2) is 13.4 Å². The third kappa shape index (κ3) is 5.10. The third-order valence-corrected chi connectivity index (χ3v) is 6.02. The van der Waals surface area contributed by atoms with Crippen molar-refractivity contribution in [3.05, 3.63) is 72.0 Å². The van der Waals surface area contributed by atoms with E-state index in [4.69, 9.17) is 4.42 Å². The number of nitrogens with zero attached hydrogens (tertiary/aromatic N) is 2. The van der Waals surface area contributed by atoms with Gasteiger partial charge in [0.1, 0.15) is 11.5 Å². The van der Waals surface area contributed by atoms with Gasteiger partial charge < -0.3 is 4.42 Å². The molecule has 0 spiro atoms. The molecule has 0 atom stereocenters. The van der Waals surface area contributed by atoms with Crippen molar-refractivity contribution in [2.45, 2.75) is 11.8 Å². The molecule has 1 aromatic carbocycles. The number of carbonyl (C=O) groups is 1. The highest BCUT2D eigenvalue weighted by Gasteiger charge is 2.17. The first kappa shape index (κ1) is 20.8. The molecule has 2 aromatic heterocycles. The van der Waals surface area contributed by atoms with Crippen LogP contribution in [0.15, 0.2) is 69.8 Å². The second kappa shape index (κ2) is 8.59. The van der Waals surface area contributed by atoms with Crippen LogP contribution in [-0.4, -0.2) is 32.1 Å². The van der Waals surface area contributed by atoms with Crippen LogP contribution >= 0.6 is 11.3 Å². The first-order valence-corrected chi connectivity index (χ1v) is 11.5. The predicted molar refractivity (Wildman–Crippen MR) is 116 cm³/mol. The Morgan fingerprint density at radius 3 is 2.55 bits per heavy atom. The molecule has 0 aliphatic rings. The first-order valence-electron chi connectivity index (χ1n) is 8.71. The number of hydrogen-bond donors (Lipinski definition) is 0. The first-order chi connectivity index (χ1) is 13.8. The average molecular weight is 429 g/mol. The van der Waals surface area contributed by atoms with Gasteiger partial charge >= 0.3 is 0 Å². The largest absolute Gasteiger partial charge is 0.462 e. The lowest BCUT2D eigenvalue weighted by Gasteiger charge is -2.15. The Kier molecular flexibility index (Phi) is 6.14. The minimum absolute atomic E-state index is 0.243. The van der Waals surface area contributed by atoms with Crippen LogP contribution < -0.4 is 4.90 Å². The molecule has 0 N–H and O–H groups in total. The number of anilines is 1. The molecule has 0 unspecified atom stereocenters. The van der Waals surface area contributed by atoms with Gasteiger partial charge in [0, 0.05) is 29.8 Å². The summed E-state index contributed by atoms with van der Waals surface area (Å²) in [6, 6.07) is 10.1. The van der Waals surface area contributed by atoms with Gasteiger partial charge in [0.15, 0.2) is 15.0 Å². The fourth-order valence-corrected chi connectivity index (χ4v) is 4.05. The van der Waals surface area contributed by atoms with Crippen LogP contribution in [0.25, 0.3) is 17.3 Å². The molecule has 1 amide bonds. The number of rotatable bonds is 7. The van der Waals surface area contributed by atoms with E-state index in [1.807, 2.05) is 18.4 Å². The Bertz CT molecular complexity index is 1160. The monoisotopic (exact) mass is 428 g/mol. The maximum atomic E-state index is 12.7. The predicted octanol–water partition coefficient (Wildman–Crippen LogP) is 4.35. The molecule has 3 rings (SSSR count). The highest BCUT2D eigenvalue weighted by molar-refractivity contribution is 7.90. The smallest absolute Gasteiger partial charge is 0.253 e. The topological polar surface area (TPSA) is 80.5 Å². The van der Waals surface area contributed by atoms with Crippen LogP contribution in [0, 0.1) is 6.92 Å². The minimum Gasteiger partial charge on any atom is -0.462 e. The lowest BCUT2D eigenvalue weighted by Crippen LogP contribution is -2.29. The molecule has 0 saturated carbocycles. The average Bonchev–Trinajstić information content (AvgIpc) is 3.33. The summed E-state index contributed by atoms with van der Waals surface area (Å²) in [6.45, 7) is 5.85. The molecule has 3 aromatic rings. The molecule has 150 valence electrons. The van der Waals surface area contributed by atoms with Gasteiger partial charge in [0.2, 0.25) is 0 Å². The van der Waals surface area contributed by atoms with E-state index in [-0.39, 0.29) is 10.8 Å². The third-order valence-electron chi connectivity index (χ3n) is 4.03. The van der Waals surface area contributed by atoms with Crippen molar-refractivity contribution in [3.8, 4) is 11.3 Å². The molecule has 2 heterocycles. The zero-order chi connectivity index (χ0) is 21.0. The summed E-state index contributed by atoms with van der Waals surface area (Å²) >= 11 is 1.33. The molecule has 0 fully saturated rings. The SMILES string of the molecule is C=CCN(C(=O)C=Cc1ccc(C)o1)c1nc(-c2ccc(S(C)(=O)=O)cc2)cs1. The molecular formula is C21H20N2O4S2. The van der Waals surface area contributed by atoms with Crippen molar-refractivity contribution in [1.29, 1.82) is 0 Å². The number of carbonyl (C=O) groups excluding carboxylic acids is 1. The Labute approximate surface area is 173 Å². The van der Waals surface area contributed by atoms with Gasteiger partial charge in [-0.15, -0.1) is 17.9 Å². The summed E-state index contributed by atoms with van der Waals surface area (Å²) in [4.78, 5) is 19.0. The van der Waals surface area contributed by atoms with E-state index >= 15 is 0 Å². The second-order valence-electron chi connectivity index (χ2n) is 6.33. The fraction of sp³-hybridized carbons (Fsp3) is 0.143. The summed E-state index contributed by atoms with van der Waals surface area (Å²) < 4.78 is 28.7. The molecule has 0 radical (unpaired) electrons. The number of benzene rings is 1. The molecule has 0 aliphatic heterocycles. The van der Waals surface area contributed by atoms with E-state index in [9.17, 15) is 13.2 Å². The summed E-state index contributed by atoms with van der Waals surface area (Å²) in [5.74, 6) is 1.12. The van der Waals surface area contributed by atoms with E-state index in [1.54, 1.807) is 42.5 Å². The summed E-state index contributed by atoms with van der Waals surface area (Å²) in [5, 5.41) is 2.35. The van der Waals surface area contributed by atoms with E-state index in [2.05, 4.69) is 11.6 Å². The fourth-order valence-electron chi connectivity index (χ4n) is 2.57. The van der Waals surface area contributed by atoms with Gasteiger partial charge in [-0.05, 0) is 37.3 Å². The number of aryl methyl sites for hydroxylation is 1. The van der Waals surface area contributed by atoms with Gasteiger partial charge in [-0.1, -0.05) is 18.2 Å². The van der Waals surface area contributed by atoms with Crippen molar-refractivity contribution >= 4 is 38.3 Å². The molecule has 6 nitrogen and oxygen atoms in total. The second-order valence-corrected chi connectivity index (χ2v) is 9.18. The maximum absolute atomic E-state index is 12.7. The van der Waals surface area contributed by atoms with Gasteiger partial charge in [0.05, 0.1) is 10.6 Å². The van der Waals surface area contributed by atoms with Crippen molar-refractivity contribution in [3.63, 3.8) is 0 Å². The molecule has 0 bridgehead atoms. The quantitative estimate of drug-likeness (QED) is 0.413. The molecule has 8 heteroatoms. The summed E-state index contributed by atoms with van der Waals surface area (Å²) in [6.07, 6.45) is 5.84. The number of aromatic nitrogens is 1. The molecular weight excluding hydrogens is 408 g/mol. The maximum Gasteiger partial charge on any atom is 0.253 e. The zero-order valence-electron chi connectivity index (χ0n) is 16.0. The number of sulfone groups is 1. The summed E-state index contributed by atoms with van der Waals surface area (Å²) in [7, 11) is -3.25. The van der Waals surface area contributed by atoms with Gasteiger partial charge in [0.25, 0.3) is 5.91 Å². The van der Waals surface area contributed by atoms with E-state index in [1.165, 1.54) is 28.6 Å². The Morgan fingerprint density at radius 1 is 1.24 bits per heavy atom. The lowest BCUT2D eigenvalue weighted by molar-refractivity contribution is -0.114. The zero-order valence-corrected chi connectivity index (χ0v) is 17.7. The molecule has 0 saturated heterocycles. The van der Waals surface area contributed by atoms with Crippen LogP contribution in [0.5, 0.6) is 0 Å². The normalized spacial score (nSPS) is 11.7. The Morgan fingerprint density at radius 2 is 1.97 bits per heavy atom. The van der Waals surface area contributed by atoms with Crippen LogP contribution in [0.1, 0.15) is 11.5 Å². The van der Waals surface area contributed by atoms with Crippen LogP contribution in [0.4, 0.5) is 5.13 Å². The molecule has 0 aliphatic carbocycles. The highest BCUT2D eigenvalue weighted by atomic mass is 32.2. The van der Waals surface area contributed by atoms with Gasteiger partial charge in [-0.2, -0.15) is 0 Å². The van der Waals surface area contributed by atoms with Crippen molar-refractivity contribution in [2.75, 3.05) is 17.7 Å². The number of hydrogen-bond acceptors (Lipinski definition) is 6. The van der Waals surface area contributed by atoms with Gasteiger partial charge in [-0.3, -0.25) is 9.69 Å². The summed E-state index contributed by atoms with van der Waals surface area (Å²) in [5.41, 5.74) is 1.44. The van der Waals surface area contributed by atoms with Crippen molar-refractivity contribution in [2.24, 2.45) is 0 Å². The Hall–Kier alpha value is -2.97.